The van der Waals surface area contributed by atoms with Gasteiger partial charge in [-0.1, -0.05) is 6.92 Å². The van der Waals surface area contributed by atoms with Gasteiger partial charge in [-0.25, -0.2) is 32.4 Å². The standard InChI is InChI=1S/C6H10N2.6FH2O3P/c1-3-6-7-4-5-8(6)2;6*1-5(2,3)4/h4-5H,3H2,1-2H3;6*(H2,2,3,4). The third-order valence-electron chi connectivity index (χ3n) is 1.24. The van der Waals surface area contributed by atoms with Crippen LogP contribution in [-0.4, -0.2) is 68.3 Å². The zero-order valence-corrected chi connectivity index (χ0v) is 23.4. The van der Waals surface area contributed by atoms with Crippen LogP contribution in [0.25, 0.3) is 0 Å². The van der Waals surface area contributed by atoms with E-state index >= 15 is 0 Å². The number of aromatic nitrogens is 2. The number of imidazole rings is 1. The van der Waals surface area contributed by atoms with Gasteiger partial charge in [-0.15, -0.1) is 25.2 Å². The van der Waals surface area contributed by atoms with Crippen molar-refractivity contribution in [2.45, 2.75) is 13.3 Å². The largest absolute Gasteiger partial charge is 0.507 e. The second-order valence-corrected chi connectivity index (χ2v) is 10.3. The minimum atomic E-state index is -5.14. The first-order valence-electron chi connectivity index (χ1n) is 7.31. The number of nitrogens with zero attached hydrogens (tertiary/aromatic N) is 2. The molecule has 1 rings (SSSR count). The van der Waals surface area contributed by atoms with Gasteiger partial charge in [0.15, 0.2) is 0 Å². The summed E-state index contributed by atoms with van der Waals surface area (Å²) in [6, 6.07) is 0. The van der Waals surface area contributed by atoms with Crippen molar-refractivity contribution in [1.29, 1.82) is 0 Å². The van der Waals surface area contributed by atoms with E-state index < -0.39 is 47.4 Å². The molecule has 38 heavy (non-hydrogen) atoms. The van der Waals surface area contributed by atoms with Crippen LogP contribution in [0.1, 0.15) is 12.7 Å². The van der Waals surface area contributed by atoms with Gasteiger partial charge in [0.1, 0.15) is 5.82 Å². The topological polar surface area (TPSA) is 363 Å². The van der Waals surface area contributed by atoms with Crippen LogP contribution in [0, 0.1) is 0 Å². The Hall–Kier alpha value is -0.310. The quantitative estimate of drug-likeness (QED) is 0.144. The lowest BCUT2D eigenvalue weighted by molar-refractivity contribution is 0.320. The lowest BCUT2D eigenvalue weighted by atomic mass is 10.5. The predicted octanol–water partition coefficient (Wildman–Crippen LogP) is 1.27. The first-order valence-corrected chi connectivity index (χ1v) is 16.3. The molecule has 0 saturated heterocycles. The van der Waals surface area contributed by atoms with Gasteiger partial charge in [0.05, 0.1) is 0 Å². The molecule has 0 unspecified atom stereocenters. The molecule has 20 nitrogen and oxygen atoms in total. The minimum absolute atomic E-state index is 1.02. The van der Waals surface area contributed by atoms with Crippen molar-refractivity contribution in [2.75, 3.05) is 0 Å². The van der Waals surface area contributed by atoms with Gasteiger partial charge in [-0.05, 0) is 0 Å². The molecular formula is C6H22F6N2O18P6. The lowest BCUT2D eigenvalue weighted by Crippen LogP contribution is -1.92. The van der Waals surface area contributed by atoms with E-state index in [4.69, 9.17) is 86.1 Å². The molecule has 12 N–H and O–H groups in total. The second-order valence-electron chi connectivity index (χ2n) is 4.65. The second kappa shape index (κ2) is 22.4. The van der Waals surface area contributed by atoms with Crippen LogP contribution in [0.2, 0.25) is 0 Å². The molecule has 0 saturated carbocycles. The average Bonchev–Trinajstić information content (AvgIpc) is 2.81. The van der Waals surface area contributed by atoms with Gasteiger partial charge in [0.2, 0.25) is 0 Å². The number of hydrogen-bond donors (Lipinski definition) is 12. The van der Waals surface area contributed by atoms with Crippen molar-refractivity contribution in [3.63, 3.8) is 0 Å². The van der Waals surface area contributed by atoms with Crippen LogP contribution in [0.3, 0.4) is 0 Å². The molecule has 0 aliphatic rings. The summed E-state index contributed by atoms with van der Waals surface area (Å²) in [5.41, 5.74) is 0. The SMILES string of the molecule is CCc1nccn1C.O=P(O)(O)F.O=P(O)(O)F.O=P(O)(O)F.O=P(O)(O)F.O=P(O)(O)F.O=P(O)(O)F. The van der Waals surface area contributed by atoms with Crippen molar-refractivity contribution in [1.82, 2.24) is 9.55 Å². The maximum atomic E-state index is 10.4. The Bertz CT molecular complexity index is 799. The van der Waals surface area contributed by atoms with Gasteiger partial charge in [0, 0.05) is 25.9 Å². The summed E-state index contributed by atoms with van der Waals surface area (Å²) >= 11 is 0. The number of aryl methyl sites for hydroxylation is 2. The van der Waals surface area contributed by atoms with Crippen molar-refractivity contribution in [3.05, 3.63) is 18.2 Å². The minimum Gasteiger partial charge on any atom is -0.338 e. The molecule has 1 aromatic heterocycles. The molecule has 0 fully saturated rings. The molecule has 0 spiro atoms. The summed E-state index contributed by atoms with van der Waals surface area (Å²) < 4.78 is 116. The molecule has 1 heterocycles. The van der Waals surface area contributed by atoms with Crippen LogP contribution in [0.15, 0.2) is 12.4 Å². The molecule has 0 aliphatic heterocycles. The zero-order chi connectivity index (χ0) is 33.0. The molecular weight excluding hydrogens is 688 g/mol. The Morgan fingerprint density at radius 1 is 0.579 bits per heavy atom. The highest BCUT2D eigenvalue weighted by molar-refractivity contribution is 7.46. The summed E-state index contributed by atoms with van der Waals surface area (Å²) in [6.07, 6.45) is 4.79. The third-order valence-corrected chi connectivity index (χ3v) is 1.24. The lowest BCUT2D eigenvalue weighted by Gasteiger charge is -1.92. The number of halogens is 6. The summed E-state index contributed by atoms with van der Waals surface area (Å²) in [5.74, 6) is 1.14. The fourth-order valence-electron chi connectivity index (χ4n) is 0.737. The van der Waals surface area contributed by atoms with Crippen molar-refractivity contribution in [2.24, 2.45) is 7.05 Å². The van der Waals surface area contributed by atoms with Crippen LogP contribution in [0.4, 0.5) is 25.2 Å². The van der Waals surface area contributed by atoms with Gasteiger partial charge in [-0.3, -0.25) is 58.7 Å². The first-order chi connectivity index (χ1) is 15.8. The van der Waals surface area contributed by atoms with Gasteiger partial charge in [-0.2, -0.15) is 0 Å². The van der Waals surface area contributed by atoms with E-state index in [1.807, 2.05) is 24.0 Å². The Morgan fingerprint density at radius 2 is 0.737 bits per heavy atom. The van der Waals surface area contributed by atoms with E-state index in [1.54, 1.807) is 0 Å². The summed E-state index contributed by atoms with van der Waals surface area (Å²) in [4.78, 5) is 87.7. The van der Waals surface area contributed by atoms with Crippen LogP contribution in [-0.2, 0) is 40.9 Å². The van der Waals surface area contributed by atoms with Crippen LogP contribution in [0.5, 0.6) is 0 Å². The molecule has 0 aliphatic carbocycles. The molecule has 0 atom stereocenters. The average molecular weight is 710 g/mol. The van der Waals surface area contributed by atoms with E-state index in [9.17, 15) is 25.2 Å². The smallest absolute Gasteiger partial charge is 0.338 e. The molecule has 0 radical (unpaired) electrons. The summed E-state index contributed by atoms with van der Waals surface area (Å²) in [5, 5.41) is 0. The van der Waals surface area contributed by atoms with Crippen molar-refractivity contribution in [3.8, 4) is 0 Å². The number of rotatable bonds is 1. The van der Waals surface area contributed by atoms with E-state index in [-0.39, 0.29) is 0 Å². The molecule has 0 aromatic carbocycles. The highest BCUT2D eigenvalue weighted by Gasteiger charge is 2.06. The first kappa shape index (κ1) is 50.5. The molecule has 0 bridgehead atoms. The normalized spacial score (nSPS) is 11.4. The third kappa shape index (κ3) is 314. The Balaban J connectivity index is -0.0000000795. The summed E-state index contributed by atoms with van der Waals surface area (Å²) in [7, 11) is -28.8. The highest BCUT2D eigenvalue weighted by atomic mass is 31.2. The molecule has 32 heteroatoms. The van der Waals surface area contributed by atoms with Gasteiger partial charge in [0.25, 0.3) is 0 Å². The van der Waals surface area contributed by atoms with Crippen LogP contribution < -0.4 is 0 Å². The van der Waals surface area contributed by atoms with E-state index in [0.29, 0.717) is 0 Å². The zero-order valence-electron chi connectivity index (χ0n) is 18.0. The Morgan fingerprint density at radius 3 is 0.789 bits per heavy atom. The van der Waals surface area contributed by atoms with Crippen LogP contribution >= 0.6 is 47.4 Å². The maximum Gasteiger partial charge on any atom is 0.507 e. The van der Waals surface area contributed by atoms with Gasteiger partial charge >= 0.3 is 47.4 Å². The number of hydrogen-bond acceptors (Lipinski definition) is 7. The Labute approximate surface area is 207 Å². The molecule has 236 valence electrons. The fraction of sp³-hybridized carbons (Fsp3) is 0.500. The molecule has 0 amide bonds. The highest BCUT2D eigenvalue weighted by Crippen LogP contribution is 2.37. The van der Waals surface area contributed by atoms with Crippen molar-refractivity contribution >= 4 is 47.4 Å². The van der Waals surface area contributed by atoms with E-state index in [2.05, 4.69) is 11.9 Å². The summed E-state index contributed by atoms with van der Waals surface area (Å²) in [6.45, 7) is 2.10. The van der Waals surface area contributed by atoms with Crippen molar-refractivity contribution < 1.29 is 111 Å². The molecule has 1 aromatic rings. The monoisotopic (exact) mass is 710 g/mol. The maximum absolute atomic E-state index is 10.4. The Kier molecular flexibility index (Phi) is 29.8. The van der Waals surface area contributed by atoms with E-state index in [1.165, 1.54) is 0 Å². The predicted molar refractivity (Wildman–Crippen MR) is 111 cm³/mol. The fourth-order valence-corrected chi connectivity index (χ4v) is 0.737. The van der Waals surface area contributed by atoms with Gasteiger partial charge < -0.3 is 4.57 Å². The van der Waals surface area contributed by atoms with E-state index in [0.717, 1.165) is 12.2 Å².